The van der Waals surface area contributed by atoms with E-state index in [-0.39, 0.29) is 12.5 Å². The van der Waals surface area contributed by atoms with Crippen molar-refractivity contribution in [3.63, 3.8) is 0 Å². The van der Waals surface area contributed by atoms with Gasteiger partial charge in [0.05, 0.1) is 12.2 Å². The van der Waals surface area contributed by atoms with Crippen LogP contribution in [-0.4, -0.2) is 37.1 Å². The number of aryl methyl sites for hydroxylation is 2. The minimum atomic E-state index is 0.0657. The maximum Gasteiger partial charge on any atom is 0.133 e. The Labute approximate surface area is 162 Å². The van der Waals surface area contributed by atoms with E-state index < -0.39 is 0 Å². The summed E-state index contributed by atoms with van der Waals surface area (Å²) in [6, 6.07) is 6.86. The summed E-state index contributed by atoms with van der Waals surface area (Å²) in [5.41, 5.74) is 11.5. The Morgan fingerprint density at radius 2 is 1.93 bits per heavy atom. The molecule has 1 aromatic carbocycles. The number of hydrazine groups is 1. The average molecular weight is 369 g/mol. The molecule has 27 heavy (non-hydrogen) atoms. The molecule has 146 valence electrons. The van der Waals surface area contributed by atoms with E-state index in [4.69, 9.17) is 0 Å². The number of rotatable bonds is 4. The van der Waals surface area contributed by atoms with Gasteiger partial charge >= 0.3 is 0 Å². The Balaban J connectivity index is 1.36. The molecule has 2 heterocycles. The third kappa shape index (κ3) is 3.98. The molecule has 1 aromatic rings. The normalized spacial score (nSPS) is 28.1. The molecule has 6 heteroatoms. The van der Waals surface area contributed by atoms with Crippen LogP contribution in [0.25, 0.3) is 0 Å². The van der Waals surface area contributed by atoms with Crippen LogP contribution in [0, 0.1) is 13.8 Å². The second-order valence-corrected chi connectivity index (χ2v) is 7.95. The zero-order valence-electron chi connectivity index (χ0n) is 16.8. The summed E-state index contributed by atoms with van der Waals surface area (Å²) < 4.78 is 0. The Morgan fingerprint density at radius 3 is 2.74 bits per heavy atom. The van der Waals surface area contributed by atoms with Crippen LogP contribution in [0.1, 0.15) is 37.3 Å². The molecule has 0 spiro atoms. The van der Waals surface area contributed by atoms with Crippen molar-refractivity contribution < 1.29 is 0 Å². The number of nitrogens with zero attached hydrogens (tertiary/aromatic N) is 1. The molecule has 3 unspecified atom stereocenters. The highest BCUT2D eigenvalue weighted by molar-refractivity contribution is 5.48. The van der Waals surface area contributed by atoms with Gasteiger partial charge in [-0.3, -0.25) is 10.6 Å². The van der Waals surface area contributed by atoms with Gasteiger partial charge in [0.2, 0.25) is 0 Å². The van der Waals surface area contributed by atoms with Crippen molar-refractivity contribution in [1.82, 2.24) is 26.4 Å². The zero-order valence-corrected chi connectivity index (χ0v) is 16.8. The molecule has 2 aliphatic heterocycles. The molecule has 1 saturated heterocycles. The van der Waals surface area contributed by atoms with Crippen LogP contribution in [-0.2, 0) is 0 Å². The molecule has 1 aliphatic carbocycles. The predicted octanol–water partition coefficient (Wildman–Crippen LogP) is 2.27. The summed E-state index contributed by atoms with van der Waals surface area (Å²) in [5, 5.41) is 16.6. The van der Waals surface area contributed by atoms with Gasteiger partial charge in [-0.1, -0.05) is 6.07 Å². The minimum absolute atomic E-state index is 0.0657. The first kappa shape index (κ1) is 18.3. The quantitative estimate of drug-likeness (QED) is 0.562. The van der Waals surface area contributed by atoms with E-state index in [0.29, 0.717) is 6.04 Å². The third-order valence-electron chi connectivity index (χ3n) is 6.03. The Kier molecular flexibility index (Phi) is 5.12. The van der Waals surface area contributed by atoms with Gasteiger partial charge in [-0.15, -0.1) is 0 Å². The average Bonchev–Trinajstić information content (AvgIpc) is 2.92. The highest BCUT2D eigenvalue weighted by atomic mass is 15.5. The van der Waals surface area contributed by atoms with Crippen molar-refractivity contribution in [3.05, 3.63) is 52.4 Å². The van der Waals surface area contributed by atoms with Crippen LogP contribution < -0.4 is 26.7 Å². The van der Waals surface area contributed by atoms with Crippen molar-refractivity contribution in [2.75, 3.05) is 18.9 Å². The van der Waals surface area contributed by atoms with Crippen LogP contribution in [0.3, 0.4) is 0 Å². The molecule has 5 N–H and O–H groups in total. The van der Waals surface area contributed by atoms with Crippen molar-refractivity contribution in [2.45, 2.75) is 58.5 Å². The van der Waals surface area contributed by atoms with E-state index >= 15 is 0 Å². The van der Waals surface area contributed by atoms with Gasteiger partial charge in [-0.2, -0.15) is 0 Å². The lowest BCUT2D eigenvalue weighted by Gasteiger charge is -2.35. The third-order valence-corrected chi connectivity index (χ3v) is 6.03. The molecule has 0 saturated carbocycles. The SMILES string of the molecule is CC1=C2CCC(NC3CCNC(Nc4ccc(C)c(C)c4)N3)=CC2NN1C. The summed E-state index contributed by atoms with van der Waals surface area (Å²) in [5.74, 6) is 0. The molecule has 0 amide bonds. The monoisotopic (exact) mass is 368 g/mol. The summed E-state index contributed by atoms with van der Waals surface area (Å²) in [7, 11) is 2.10. The van der Waals surface area contributed by atoms with Gasteiger partial charge in [-0.25, -0.2) is 5.43 Å². The molecule has 3 atom stereocenters. The van der Waals surface area contributed by atoms with Crippen LogP contribution >= 0.6 is 0 Å². The van der Waals surface area contributed by atoms with Crippen LogP contribution in [0.15, 0.2) is 41.2 Å². The van der Waals surface area contributed by atoms with Gasteiger partial charge in [0, 0.05) is 30.7 Å². The summed E-state index contributed by atoms with van der Waals surface area (Å²) >= 11 is 0. The molecule has 3 aliphatic rings. The highest BCUT2D eigenvalue weighted by Crippen LogP contribution is 2.30. The number of hydrogen-bond acceptors (Lipinski definition) is 6. The Bertz CT molecular complexity index is 768. The fourth-order valence-electron chi connectivity index (χ4n) is 4.12. The minimum Gasteiger partial charge on any atom is -0.373 e. The molecule has 0 radical (unpaired) electrons. The zero-order chi connectivity index (χ0) is 19.0. The predicted molar refractivity (Wildman–Crippen MR) is 111 cm³/mol. The molecule has 4 rings (SSSR count). The second-order valence-electron chi connectivity index (χ2n) is 7.95. The van der Waals surface area contributed by atoms with Crippen LogP contribution in [0.5, 0.6) is 0 Å². The molecule has 6 nitrogen and oxygen atoms in total. The lowest BCUT2D eigenvalue weighted by molar-refractivity contribution is 0.292. The summed E-state index contributed by atoms with van der Waals surface area (Å²) in [6.45, 7) is 7.48. The first-order valence-corrected chi connectivity index (χ1v) is 9.99. The molecule has 0 aromatic heterocycles. The first-order chi connectivity index (χ1) is 13.0. The van der Waals surface area contributed by atoms with E-state index in [1.807, 2.05) is 0 Å². The van der Waals surface area contributed by atoms with E-state index in [1.165, 1.54) is 28.1 Å². The van der Waals surface area contributed by atoms with Crippen molar-refractivity contribution in [3.8, 4) is 0 Å². The molecular weight excluding hydrogens is 336 g/mol. The van der Waals surface area contributed by atoms with E-state index in [1.54, 1.807) is 0 Å². The number of allylic oxidation sites excluding steroid dienone is 2. The maximum absolute atomic E-state index is 3.73. The van der Waals surface area contributed by atoms with Gasteiger partial charge in [0.25, 0.3) is 0 Å². The maximum atomic E-state index is 3.73. The molecular formula is C21H32N6. The number of fused-ring (bicyclic) bond motifs is 1. The van der Waals surface area contributed by atoms with Gasteiger partial charge < -0.3 is 15.6 Å². The molecule has 1 fully saturated rings. The van der Waals surface area contributed by atoms with E-state index in [9.17, 15) is 0 Å². The van der Waals surface area contributed by atoms with Crippen LogP contribution in [0.2, 0.25) is 0 Å². The number of benzene rings is 1. The fourth-order valence-corrected chi connectivity index (χ4v) is 4.12. The van der Waals surface area contributed by atoms with Gasteiger partial charge in [0.15, 0.2) is 0 Å². The highest BCUT2D eigenvalue weighted by Gasteiger charge is 2.29. The topological polar surface area (TPSA) is 63.4 Å². The first-order valence-electron chi connectivity index (χ1n) is 9.99. The van der Waals surface area contributed by atoms with Crippen LogP contribution in [0.4, 0.5) is 5.69 Å². The van der Waals surface area contributed by atoms with Gasteiger partial charge in [-0.05, 0) is 74.9 Å². The van der Waals surface area contributed by atoms with Crippen molar-refractivity contribution >= 4 is 5.69 Å². The number of anilines is 1. The smallest absolute Gasteiger partial charge is 0.133 e. The molecule has 0 bridgehead atoms. The van der Waals surface area contributed by atoms with Crippen molar-refractivity contribution in [1.29, 1.82) is 0 Å². The summed E-state index contributed by atoms with van der Waals surface area (Å²) in [4.78, 5) is 0. The lowest BCUT2D eigenvalue weighted by Crippen LogP contribution is -2.61. The summed E-state index contributed by atoms with van der Waals surface area (Å²) in [6.07, 6.45) is 5.95. The Morgan fingerprint density at radius 1 is 1.07 bits per heavy atom. The number of hydrogen-bond donors (Lipinski definition) is 5. The largest absolute Gasteiger partial charge is 0.373 e. The second kappa shape index (κ2) is 7.54. The number of nitrogens with one attached hydrogen (secondary N) is 5. The van der Waals surface area contributed by atoms with E-state index in [2.05, 4.69) is 83.8 Å². The fraction of sp³-hybridized carbons (Fsp3) is 0.524. The van der Waals surface area contributed by atoms with E-state index in [0.717, 1.165) is 31.5 Å². The Hall–Kier alpha value is -2.02. The standard InChI is InChI=1S/C21H32N6/c1-13-5-6-16(11-14(13)2)24-21-22-10-9-20(25-21)23-17-7-8-18-15(3)27(4)26-19(18)12-17/h5-6,11-12,19-26H,7-10H2,1-4H3. The lowest BCUT2D eigenvalue weighted by atomic mass is 9.93. The van der Waals surface area contributed by atoms with Gasteiger partial charge in [0.1, 0.15) is 6.29 Å². The van der Waals surface area contributed by atoms with Crippen molar-refractivity contribution in [2.24, 2.45) is 0 Å².